The fraction of sp³-hybridized carbons (Fsp3) is 0.640. The van der Waals surface area contributed by atoms with Crippen molar-refractivity contribution >= 4 is 23.5 Å². The van der Waals surface area contributed by atoms with E-state index in [9.17, 15) is 14.4 Å². The highest BCUT2D eigenvalue weighted by atomic mass is 16.2. The molecule has 32 heavy (non-hydrogen) atoms. The highest BCUT2D eigenvalue weighted by Gasteiger charge is 2.38. The zero-order valence-corrected chi connectivity index (χ0v) is 19.1. The van der Waals surface area contributed by atoms with Gasteiger partial charge in [-0.2, -0.15) is 0 Å². The second-order valence-electron chi connectivity index (χ2n) is 9.48. The average molecular weight is 441 g/mol. The third kappa shape index (κ3) is 5.43. The number of anilines is 1. The number of urea groups is 1. The summed E-state index contributed by atoms with van der Waals surface area (Å²) in [5, 5.41) is 6.19. The minimum Gasteiger partial charge on any atom is -0.342 e. The van der Waals surface area contributed by atoms with Gasteiger partial charge in [-0.1, -0.05) is 38.3 Å². The van der Waals surface area contributed by atoms with Crippen molar-refractivity contribution < 1.29 is 14.4 Å². The average Bonchev–Trinajstić information content (AvgIpc) is 3.21. The fourth-order valence-electron chi connectivity index (χ4n) is 5.20. The van der Waals surface area contributed by atoms with E-state index in [1.54, 1.807) is 4.90 Å². The molecule has 1 aromatic carbocycles. The van der Waals surface area contributed by atoms with Crippen molar-refractivity contribution in [1.29, 1.82) is 0 Å². The first-order chi connectivity index (χ1) is 15.5. The maximum Gasteiger partial charge on any atom is 0.315 e. The summed E-state index contributed by atoms with van der Waals surface area (Å²) in [5.41, 5.74) is 2.10. The van der Waals surface area contributed by atoms with Crippen molar-refractivity contribution in [3.63, 3.8) is 0 Å². The number of amides is 4. The van der Waals surface area contributed by atoms with E-state index in [0.29, 0.717) is 25.7 Å². The van der Waals surface area contributed by atoms with Gasteiger partial charge in [-0.25, -0.2) is 4.79 Å². The first kappa shape index (κ1) is 22.6. The van der Waals surface area contributed by atoms with Crippen LogP contribution in [-0.2, 0) is 16.0 Å². The molecule has 7 heteroatoms. The molecule has 3 aliphatic rings. The van der Waals surface area contributed by atoms with E-state index >= 15 is 0 Å². The summed E-state index contributed by atoms with van der Waals surface area (Å²) in [4.78, 5) is 41.5. The molecule has 0 radical (unpaired) electrons. The molecule has 4 amide bonds. The van der Waals surface area contributed by atoms with Crippen LogP contribution < -0.4 is 15.5 Å². The van der Waals surface area contributed by atoms with Gasteiger partial charge in [-0.15, -0.1) is 0 Å². The van der Waals surface area contributed by atoms with Crippen LogP contribution in [0.4, 0.5) is 10.5 Å². The Bertz CT molecular complexity index is 811. The standard InChI is InChI=1S/C25H36N4O3/c1-2-18-8-10-22(11-9-18)29-17-19(16-23(29)30)24(31)28-14-12-21(13-15-28)27-25(32)26-20-6-4-3-5-7-20/h8-11,19-21H,2-7,12-17H2,1H3,(H2,26,27,32). The molecular weight excluding hydrogens is 404 g/mol. The Morgan fingerprint density at radius 2 is 1.56 bits per heavy atom. The summed E-state index contributed by atoms with van der Waals surface area (Å²) >= 11 is 0. The van der Waals surface area contributed by atoms with Crippen molar-refractivity contribution in [2.24, 2.45) is 5.92 Å². The van der Waals surface area contributed by atoms with Gasteiger partial charge in [0.05, 0.1) is 5.92 Å². The number of hydrogen-bond acceptors (Lipinski definition) is 3. The summed E-state index contributed by atoms with van der Waals surface area (Å²) in [6.45, 7) is 3.81. The Morgan fingerprint density at radius 1 is 0.938 bits per heavy atom. The Labute approximate surface area is 190 Å². The van der Waals surface area contributed by atoms with Crippen molar-refractivity contribution in [2.45, 2.75) is 76.8 Å². The van der Waals surface area contributed by atoms with Crippen LogP contribution in [0.15, 0.2) is 24.3 Å². The fourth-order valence-corrected chi connectivity index (χ4v) is 5.20. The summed E-state index contributed by atoms with van der Waals surface area (Å²) in [6, 6.07) is 8.35. The number of aryl methyl sites for hydroxylation is 1. The maximum atomic E-state index is 13.1. The third-order valence-electron chi connectivity index (χ3n) is 7.21. The third-order valence-corrected chi connectivity index (χ3v) is 7.21. The lowest BCUT2D eigenvalue weighted by Gasteiger charge is -2.34. The SMILES string of the molecule is CCc1ccc(N2CC(C(=O)N3CCC(NC(=O)NC4CCCCC4)CC3)CC2=O)cc1. The molecule has 2 N–H and O–H groups in total. The van der Waals surface area contributed by atoms with Gasteiger partial charge in [-0.3, -0.25) is 9.59 Å². The first-order valence-electron chi connectivity index (χ1n) is 12.3. The van der Waals surface area contributed by atoms with Crippen LogP contribution in [0.2, 0.25) is 0 Å². The molecule has 1 aliphatic carbocycles. The number of carbonyl (C=O) groups is 3. The monoisotopic (exact) mass is 440 g/mol. The van der Waals surface area contributed by atoms with Crippen LogP contribution in [0.25, 0.3) is 0 Å². The number of likely N-dealkylation sites (tertiary alicyclic amines) is 1. The van der Waals surface area contributed by atoms with Gasteiger partial charge in [0.2, 0.25) is 11.8 Å². The molecule has 7 nitrogen and oxygen atoms in total. The first-order valence-corrected chi connectivity index (χ1v) is 12.3. The van der Waals surface area contributed by atoms with Crippen LogP contribution in [0.5, 0.6) is 0 Å². The van der Waals surface area contributed by atoms with E-state index in [1.165, 1.54) is 24.8 Å². The molecule has 174 valence electrons. The molecular formula is C25H36N4O3. The van der Waals surface area contributed by atoms with Gasteiger partial charge in [0.1, 0.15) is 0 Å². The quantitative estimate of drug-likeness (QED) is 0.738. The Balaban J connectivity index is 1.23. The highest BCUT2D eigenvalue weighted by molar-refractivity contribution is 6.00. The number of carbonyl (C=O) groups excluding carboxylic acids is 3. The molecule has 0 aromatic heterocycles. The van der Waals surface area contributed by atoms with Crippen molar-refractivity contribution in [3.8, 4) is 0 Å². The number of nitrogens with one attached hydrogen (secondary N) is 2. The lowest BCUT2D eigenvalue weighted by Crippen LogP contribution is -2.51. The molecule has 1 atom stereocenters. The molecule has 0 spiro atoms. The van der Waals surface area contributed by atoms with Crippen LogP contribution >= 0.6 is 0 Å². The molecule has 3 fully saturated rings. The smallest absolute Gasteiger partial charge is 0.315 e. The van der Waals surface area contributed by atoms with Crippen LogP contribution in [-0.4, -0.2) is 54.5 Å². The summed E-state index contributed by atoms with van der Waals surface area (Å²) < 4.78 is 0. The minimum atomic E-state index is -0.285. The number of hydrogen-bond donors (Lipinski definition) is 2. The zero-order chi connectivity index (χ0) is 22.5. The van der Waals surface area contributed by atoms with Crippen molar-refractivity contribution in [2.75, 3.05) is 24.5 Å². The molecule has 2 saturated heterocycles. The molecule has 4 rings (SSSR count). The van der Waals surface area contributed by atoms with Gasteiger partial charge < -0.3 is 20.4 Å². The van der Waals surface area contributed by atoms with Crippen LogP contribution in [0, 0.1) is 5.92 Å². The molecule has 2 aliphatic heterocycles. The molecule has 1 saturated carbocycles. The highest BCUT2D eigenvalue weighted by Crippen LogP contribution is 2.27. The van der Waals surface area contributed by atoms with Gasteiger partial charge in [0.25, 0.3) is 0 Å². The predicted molar refractivity (Wildman–Crippen MR) is 124 cm³/mol. The van der Waals surface area contributed by atoms with Gasteiger partial charge in [0.15, 0.2) is 0 Å². The van der Waals surface area contributed by atoms with Gasteiger partial charge in [0, 0.05) is 43.8 Å². The lowest BCUT2D eigenvalue weighted by molar-refractivity contribution is -0.136. The van der Waals surface area contributed by atoms with Crippen LogP contribution in [0.1, 0.15) is 63.9 Å². The van der Waals surface area contributed by atoms with E-state index in [-0.39, 0.29) is 36.2 Å². The second kappa shape index (κ2) is 10.4. The van der Waals surface area contributed by atoms with Crippen molar-refractivity contribution in [3.05, 3.63) is 29.8 Å². The Kier molecular flexibility index (Phi) is 7.33. The topological polar surface area (TPSA) is 81.8 Å². The summed E-state index contributed by atoms with van der Waals surface area (Å²) in [6.07, 6.45) is 8.54. The zero-order valence-electron chi connectivity index (χ0n) is 19.1. The van der Waals surface area contributed by atoms with E-state index in [0.717, 1.165) is 37.8 Å². The number of rotatable bonds is 5. The maximum absolute atomic E-state index is 13.1. The number of benzene rings is 1. The minimum absolute atomic E-state index is 0.0172. The normalized spacial score (nSPS) is 22.8. The van der Waals surface area contributed by atoms with Crippen LogP contribution in [0.3, 0.4) is 0 Å². The van der Waals surface area contributed by atoms with E-state index in [4.69, 9.17) is 0 Å². The molecule has 1 aromatic rings. The van der Waals surface area contributed by atoms with E-state index < -0.39 is 0 Å². The summed E-state index contributed by atoms with van der Waals surface area (Å²) in [5.74, 6) is -0.202. The summed E-state index contributed by atoms with van der Waals surface area (Å²) in [7, 11) is 0. The lowest BCUT2D eigenvalue weighted by atomic mass is 9.96. The number of nitrogens with zero attached hydrogens (tertiary/aromatic N) is 2. The van der Waals surface area contributed by atoms with Crippen molar-refractivity contribution in [1.82, 2.24) is 15.5 Å². The molecule has 1 unspecified atom stereocenters. The Morgan fingerprint density at radius 3 is 2.19 bits per heavy atom. The number of piperidine rings is 1. The Hall–Kier alpha value is -2.57. The largest absolute Gasteiger partial charge is 0.342 e. The predicted octanol–water partition coefficient (Wildman–Crippen LogP) is 3.22. The van der Waals surface area contributed by atoms with Gasteiger partial charge >= 0.3 is 6.03 Å². The second-order valence-corrected chi connectivity index (χ2v) is 9.48. The van der Waals surface area contributed by atoms with E-state index in [2.05, 4.69) is 17.6 Å². The van der Waals surface area contributed by atoms with Gasteiger partial charge in [-0.05, 0) is 49.8 Å². The molecule has 0 bridgehead atoms. The van der Waals surface area contributed by atoms with E-state index in [1.807, 2.05) is 29.2 Å². The molecule has 2 heterocycles.